The van der Waals surface area contributed by atoms with Crippen LogP contribution in [0.15, 0.2) is 28.3 Å². The maximum Gasteiger partial charge on any atom is 0.273 e. The van der Waals surface area contributed by atoms with Crippen LogP contribution in [0.25, 0.3) is 11.3 Å². The first-order valence-electron chi connectivity index (χ1n) is 8.22. The Hall–Kier alpha value is -2.17. The van der Waals surface area contributed by atoms with Gasteiger partial charge in [-0.3, -0.25) is 19.2 Å². The van der Waals surface area contributed by atoms with Gasteiger partial charge in [-0.05, 0) is 18.7 Å². The lowest BCUT2D eigenvalue weighted by Gasteiger charge is -2.28. The number of aromatic nitrogens is 3. The van der Waals surface area contributed by atoms with Crippen molar-refractivity contribution in [3.8, 4) is 17.3 Å². The SMILES string of the molecule is CCN1CSc2nc(-c3ccc(C(C)(C)C)nc3)c(C#N)c(=O)n2C1. The average Bonchev–Trinajstić information content (AvgIpc) is 2.60. The number of thioether (sulfide) groups is 1. The van der Waals surface area contributed by atoms with E-state index in [1.54, 1.807) is 10.8 Å². The van der Waals surface area contributed by atoms with Crippen molar-refractivity contribution in [1.29, 1.82) is 5.26 Å². The Morgan fingerprint density at radius 1 is 1.36 bits per heavy atom. The van der Waals surface area contributed by atoms with E-state index in [0.717, 1.165) is 18.1 Å². The van der Waals surface area contributed by atoms with Gasteiger partial charge >= 0.3 is 0 Å². The van der Waals surface area contributed by atoms with Gasteiger partial charge in [0.2, 0.25) is 0 Å². The Morgan fingerprint density at radius 2 is 2.12 bits per heavy atom. The lowest BCUT2D eigenvalue weighted by Crippen LogP contribution is -2.38. The number of pyridine rings is 1. The highest BCUT2D eigenvalue weighted by Crippen LogP contribution is 2.28. The highest BCUT2D eigenvalue weighted by Gasteiger charge is 2.23. The molecule has 0 N–H and O–H groups in total. The summed E-state index contributed by atoms with van der Waals surface area (Å²) in [7, 11) is 0. The molecule has 0 radical (unpaired) electrons. The van der Waals surface area contributed by atoms with E-state index in [4.69, 9.17) is 0 Å². The number of nitrogens with zero attached hydrogens (tertiary/aromatic N) is 5. The van der Waals surface area contributed by atoms with Crippen molar-refractivity contribution in [2.45, 2.75) is 44.9 Å². The minimum absolute atomic E-state index is 0.0567. The van der Waals surface area contributed by atoms with Crippen LogP contribution in [0.2, 0.25) is 0 Å². The van der Waals surface area contributed by atoms with E-state index in [2.05, 4.69) is 35.6 Å². The van der Waals surface area contributed by atoms with Crippen LogP contribution in [0, 0.1) is 11.3 Å². The summed E-state index contributed by atoms with van der Waals surface area (Å²) in [5.41, 5.74) is 1.81. The fraction of sp³-hybridized carbons (Fsp3) is 0.444. The number of nitriles is 1. The molecule has 3 rings (SSSR count). The van der Waals surface area contributed by atoms with E-state index in [9.17, 15) is 10.1 Å². The number of hydrogen-bond acceptors (Lipinski definition) is 6. The van der Waals surface area contributed by atoms with Gasteiger partial charge in [0.1, 0.15) is 11.6 Å². The Morgan fingerprint density at radius 3 is 2.68 bits per heavy atom. The summed E-state index contributed by atoms with van der Waals surface area (Å²) in [4.78, 5) is 24.0. The van der Waals surface area contributed by atoms with E-state index in [1.807, 2.05) is 25.1 Å². The second kappa shape index (κ2) is 6.62. The van der Waals surface area contributed by atoms with Crippen LogP contribution in [-0.4, -0.2) is 31.9 Å². The summed E-state index contributed by atoms with van der Waals surface area (Å²) < 4.78 is 1.58. The first kappa shape index (κ1) is 17.6. The summed E-state index contributed by atoms with van der Waals surface area (Å²) in [6.07, 6.45) is 1.70. The lowest BCUT2D eigenvalue weighted by molar-refractivity contribution is 0.242. The van der Waals surface area contributed by atoms with Crippen molar-refractivity contribution < 1.29 is 0 Å². The number of hydrogen-bond donors (Lipinski definition) is 0. The molecule has 3 heterocycles. The van der Waals surface area contributed by atoms with Crippen molar-refractivity contribution in [3.63, 3.8) is 0 Å². The minimum atomic E-state index is -0.284. The van der Waals surface area contributed by atoms with Crippen LogP contribution in [0.5, 0.6) is 0 Å². The first-order valence-corrected chi connectivity index (χ1v) is 9.20. The number of fused-ring (bicyclic) bond motifs is 1. The molecule has 0 aliphatic carbocycles. The van der Waals surface area contributed by atoms with E-state index in [0.29, 0.717) is 23.1 Å². The smallest absolute Gasteiger partial charge is 0.273 e. The predicted octanol–water partition coefficient (Wildman–Crippen LogP) is 2.82. The zero-order chi connectivity index (χ0) is 18.2. The average molecular weight is 355 g/mol. The molecule has 25 heavy (non-hydrogen) atoms. The molecule has 0 saturated carbocycles. The molecule has 0 aromatic carbocycles. The largest absolute Gasteiger partial charge is 0.276 e. The van der Waals surface area contributed by atoms with Crippen LogP contribution in [0.3, 0.4) is 0 Å². The quantitative estimate of drug-likeness (QED) is 0.771. The molecule has 7 heteroatoms. The molecule has 6 nitrogen and oxygen atoms in total. The van der Waals surface area contributed by atoms with E-state index < -0.39 is 0 Å². The lowest BCUT2D eigenvalue weighted by atomic mass is 9.91. The van der Waals surface area contributed by atoms with E-state index in [-0.39, 0.29) is 16.5 Å². The van der Waals surface area contributed by atoms with Crippen LogP contribution in [0.1, 0.15) is 39.0 Å². The van der Waals surface area contributed by atoms with Crippen molar-refractivity contribution in [3.05, 3.63) is 39.9 Å². The molecule has 0 spiro atoms. The maximum absolute atomic E-state index is 12.8. The molecular formula is C18H21N5OS. The van der Waals surface area contributed by atoms with Gasteiger partial charge in [0.15, 0.2) is 5.16 Å². The Bertz CT molecular complexity index is 890. The topological polar surface area (TPSA) is 74.8 Å². The highest BCUT2D eigenvalue weighted by molar-refractivity contribution is 7.99. The zero-order valence-electron chi connectivity index (χ0n) is 14.9. The van der Waals surface area contributed by atoms with Gasteiger partial charge < -0.3 is 0 Å². The summed E-state index contributed by atoms with van der Waals surface area (Å²) >= 11 is 1.52. The summed E-state index contributed by atoms with van der Waals surface area (Å²) in [5.74, 6) is 0.787. The standard InChI is InChI=1S/C18H21N5OS/c1-5-22-10-23-16(24)13(8-19)15(21-17(23)25-11-22)12-6-7-14(20-9-12)18(2,3)4/h6-7,9H,5,10-11H2,1-4H3. The minimum Gasteiger partial charge on any atom is -0.276 e. The van der Waals surface area contributed by atoms with Gasteiger partial charge in [-0.1, -0.05) is 39.5 Å². The highest BCUT2D eigenvalue weighted by atomic mass is 32.2. The number of rotatable bonds is 2. The van der Waals surface area contributed by atoms with Crippen LogP contribution in [-0.2, 0) is 12.1 Å². The molecule has 2 aromatic heterocycles. The zero-order valence-corrected chi connectivity index (χ0v) is 15.7. The summed E-state index contributed by atoms with van der Waals surface area (Å²) in [6, 6.07) is 5.86. The van der Waals surface area contributed by atoms with Gasteiger partial charge in [-0.2, -0.15) is 5.26 Å². The molecule has 130 valence electrons. The van der Waals surface area contributed by atoms with Crippen LogP contribution in [0.4, 0.5) is 0 Å². The molecule has 0 unspecified atom stereocenters. The molecule has 0 fully saturated rings. The third-order valence-electron chi connectivity index (χ3n) is 4.22. The molecule has 0 saturated heterocycles. The predicted molar refractivity (Wildman–Crippen MR) is 98.2 cm³/mol. The normalized spacial score (nSPS) is 14.8. The summed E-state index contributed by atoms with van der Waals surface area (Å²) in [5, 5.41) is 10.2. The van der Waals surface area contributed by atoms with Gasteiger partial charge in [0.25, 0.3) is 5.56 Å². The first-order chi connectivity index (χ1) is 11.8. The Labute approximate surface area is 151 Å². The van der Waals surface area contributed by atoms with Crippen molar-refractivity contribution in [2.75, 3.05) is 12.4 Å². The molecule has 1 aliphatic rings. The van der Waals surface area contributed by atoms with Gasteiger partial charge in [-0.15, -0.1) is 0 Å². The van der Waals surface area contributed by atoms with Crippen LogP contribution < -0.4 is 5.56 Å². The van der Waals surface area contributed by atoms with Crippen LogP contribution >= 0.6 is 11.8 Å². The monoisotopic (exact) mass is 355 g/mol. The fourth-order valence-corrected chi connectivity index (χ4v) is 3.65. The second-order valence-electron chi connectivity index (χ2n) is 7.05. The van der Waals surface area contributed by atoms with E-state index in [1.165, 1.54) is 11.8 Å². The third-order valence-corrected chi connectivity index (χ3v) is 5.28. The third kappa shape index (κ3) is 3.32. The van der Waals surface area contributed by atoms with Gasteiger partial charge in [-0.25, -0.2) is 4.98 Å². The molecule has 0 amide bonds. The molecule has 0 atom stereocenters. The molecular weight excluding hydrogens is 334 g/mol. The molecule has 1 aliphatic heterocycles. The van der Waals surface area contributed by atoms with Crippen molar-refractivity contribution in [2.24, 2.45) is 0 Å². The van der Waals surface area contributed by atoms with Gasteiger partial charge in [0.05, 0.1) is 18.2 Å². The molecule has 0 bridgehead atoms. The second-order valence-corrected chi connectivity index (χ2v) is 7.96. The van der Waals surface area contributed by atoms with Gasteiger partial charge in [0, 0.05) is 22.9 Å². The fourth-order valence-electron chi connectivity index (χ4n) is 2.64. The Balaban J connectivity index is 2.10. The van der Waals surface area contributed by atoms with E-state index >= 15 is 0 Å². The maximum atomic E-state index is 12.8. The summed E-state index contributed by atoms with van der Waals surface area (Å²) in [6.45, 7) is 9.65. The van der Waals surface area contributed by atoms with Crippen molar-refractivity contribution >= 4 is 11.8 Å². The van der Waals surface area contributed by atoms with Crippen molar-refractivity contribution in [1.82, 2.24) is 19.4 Å². The molecule has 2 aromatic rings. The Kier molecular flexibility index (Phi) is 4.67.